The zero-order valence-electron chi connectivity index (χ0n) is 15.0. The summed E-state index contributed by atoms with van der Waals surface area (Å²) < 4.78 is 5.92. The Morgan fingerprint density at radius 2 is 1.93 bits per heavy atom. The van der Waals surface area contributed by atoms with Crippen molar-refractivity contribution in [2.24, 2.45) is 0 Å². The van der Waals surface area contributed by atoms with E-state index in [0.717, 1.165) is 33.6 Å². The number of ether oxygens (including phenoxy) is 1. The molecule has 134 valence electrons. The van der Waals surface area contributed by atoms with Crippen molar-refractivity contribution in [3.63, 3.8) is 0 Å². The lowest BCUT2D eigenvalue weighted by atomic mass is 10.2. The lowest BCUT2D eigenvalue weighted by molar-refractivity contribution is 0.336. The molecule has 27 heavy (non-hydrogen) atoms. The number of benzene rings is 1. The van der Waals surface area contributed by atoms with Gasteiger partial charge < -0.3 is 10.1 Å². The minimum absolute atomic E-state index is 0.481. The summed E-state index contributed by atoms with van der Waals surface area (Å²) in [6, 6.07) is 15.7. The van der Waals surface area contributed by atoms with Crippen LogP contribution >= 0.6 is 0 Å². The molecule has 1 N–H and O–H groups in total. The summed E-state index contributed by atoms with van der Waals surface area (Å²) in [6.07, 6.45) is 5.26. The fourth-order valence-corrected chi connectivity index (χ4v) is 2.78. The number of nitrogens with zero attached hydrogens (tertiary/aromatic N) is 4. The molecule has 0 bridgehead atoms. The molecule has 0 atom stereocenters. The maximum Gasteiger partial charge on any atom is 0.223 e. The molecule has 0 saturated carbocycles. The number of aryl methyl sites for hydroxylation is 1. The Morgan fingerprint density at radius 1 is 0.963 bits per heavy atom. The predicted molar refractivity (Wildman–Crippen MR) is 106 cm³/mol. The molecule has 4 aromatic rings. The van der Waals surface area contributed by atoms with Gasteiger partial charge in [-0.15, -0.1) is 0 Å². The van der Waals surface area contributed by atoms with E-state index in [1.54, 1.807) is 18.6 Å². The first kappa shape index (κ1) is 16.9. The largest absolute Gasteiger partial charge is 0.489 e. The van der Waals surface area contributed by atoms with E-state index in [1.807, 2.05) is 49.4 Å². The summed E-state index contributed by atoms with van der Waals surface area (Å²) in [7, 11) is 0. The number of pyridine rings is 2. The van der Waals surface area contributed by atoms with Crippen molar-refractivity contribution in [2.45, 2.75) is 6.92 Å². The molecule has 3 aromatic heterocycles. The van der Waals surface area contributed by atoms with Gasteiger partial charge in [0.05, 0.1) is 12.2 Å². The van der Waals surface area contributed by atoms with Crippen LogP contribution in [0.3, 0.4) is 0 Å². The van der Waals surface area contributed by atoms with Gasteiger partial charge in [-0.3, -0.25) is 4.98 Å². The first-order chi connectivity index (χ1) is 13.3. The normalized spacial score (nSPS) is 10.7. The van der Waals surface area contributed by atoms with Crippen LogP contribution in [0.4, 0.5) is 5.95 Å². The Balaban J connectivity index is 1.39. The van der Waals surface area contributed by atoms with Gasteiger partial charge in [0.2, 0.25) is 5.95 Å². The van der Waals surface area contributed by atoms with Crippen molar-refractivity contribution < 1.29 is 4.74 Å². The third-order valence-corrected chi connectivity index (χ3v) is 4.08. The molecule has 0 fully saturated rings. The van der Waals surface area contributed by atoms with Crippen molar-refractivity contribution in [2.75, 3.05) is 18.5 Å². The minimum atomic E-state index is 0.481. The molecule has 0 aliphatic carbocycles. The van der Waals surface area contributed by atoms with Crippen LogP contribution in [0.2, 0.25) is 0 Å². The molecular formula is C21H19N5O. The number of para-hydroxylation sites is 1. The van der Waals surface area contributed by atoms with Crippen molar-refractivity contribution in [3.8, 4) is 17.0 Å². The van der Waals surface area contributed by atoms with Crippen LogP contribution < -0.4 is 10.1 Å². The van der Waals surface area contributed by atoms with Gasteiger partial charge in [-0.1, -0.05) is 18.2 Å². The zero-order chi connectivity index (χ0) is 18.5. The van der Waals surface area contributed by atoms with Crippen LogP contribution in [0.5, 0.6) is 5.75 Å². The molecule has 0 saturated heterocycles. The van der Waals surface area contributed by atoms with E-state index in [0.29, 0.717) is 19.1 Å². The van der Waals surface area contributed by atoms with Gasteiger partial charge in [0.1, 0.15) is 17.9 Å². The van der Waals surface area contributed by atoms with Crippen molar-refractivity contribution in [3.05, 3.63) is 72.8 Å². The molecule has 0 aliphatic heterocycles. The molecule has 6 nitrogen and oxygen atoms in total. The fraction of sp³-hybridized carbons (Fsp3) is 0.143. The van der Waals surface area contributed by atoms with E-state index in [9.17, 15) is 0 Å². The van der Waals surface area contributed by atoms with Gasteiger partial charge in [0.15, 0.2) is 0 Å². The van der Waals surface area contributed by atoms with Gasteiger partial charge in [-0.25, -0.2) is 15.0 Å². The Kier molecular flexibility index (Phi) is 4.87. The van der Waals surface area contributed by atoms with E-state index in [2.05, 4.69) is 31.3 Å². The van der Waals surface area contributed by atoms with Crippen LogP contribution in [0, 0.1) is 6.92 Å². The van der Waals surface area contributed by atoms with Crippen molar-refractivity contribution >= 4 is 16.9 Å². The topological polar surface area (TPSA) is 72.8 Å². The second kappa shape index (κ2) is 7.78. The summed E-state index contributed by atoms with van der Waals surface area (Å²) in [4.78, 5) is 17.5. The third kappa shape index (κ3) is 4.00. The first-order valence-corrected chi connectivity index (χ1v) is 8.76. The van der Waals surface area contributed by atoms with Crippen LogP contribution in [0.15, 0.2) is 67.1 Å². The Bertz CT molecular complexity index is 1050. The van der Waals surface area contributed by atoms with E-state index in [1.165, 1.54) is 0 Å². The smallest absolute Gasteiger partial charge is 0.223 e. The van der Waals surface area contributed by atoms with Crippen LogP contribution in [0.1, 0.15) is 5.69 Å². The molecule has 6 heteroatoms. The van der Waals surface area contributed by atoms with E-state index >= 15 is 0 Å². The minimum Gasteiger partial charge on any atom is -0.489 e. The standard InChI is InChI=1S/C21H19N5O/c1-15-7-8-16-4-2-6-19(20(16)25-15)27-13-12-24-21-23-11-9-18(26-21)17-5-3-10-22-14-17/h2-11,14H,12-13H2,1H3,(H,23,24,26). The lowest BCUT2D eigenvalue weighted by Gasteiger charge is -2.10. The molecule has 0 aliphatic rings. The van der Waals surface area contributed by atoms with E-state index in [-0.39, 0.29) is 0 Å². The number of hydrogen-bond donors (Lipinski definition) is 1. The zero-order valence-corrected chi connectivity index (χ0v) is 15.0. The molecule has 0 amide bonds. The maximum atomic E-state index is 5.92. The summed E-state index contributed by atoms with van der Waals surface area (Å²) in [5.74, 6) is 1.34. The Labute approximate surface area is 157 Å². The molecular weight excluding hydrogens is 338 g/mol. The summed E-state index contributed by atoms with van der Waals surface area (Å²) in [5, 5.41) is 4.26. The highest BCUT2D eigenvalue weighted by atomic mass is 16.5. The summed E-state index contributed by atoms with van der Waals surface area (Å²) in [6.45, 7) is 3.04. The molecule has 4 rings (SSSR count). The van der Waals surface area contributed by atoms with Crippen LogP contribution in [0.25, 0.3) is 22.2 Å². The molecule has 0 radical (unpaired) electrons. The van der Waals surface area contributed by atoms with Crippen molar-refractivity contribution in [1.82, 2.24) is 19.9 Å². The number of hydrogen-bond acceptors (Lipinski definition) is 6. The number of anilines is 1. The van der Waals surface area contributed by atoms with Crippen LogP contribution in [-0.4, -0.2) is 33.1 Å². The van der Waals surface area contributed by atoms with Crippen molar-refractivity contribution in [1.29, 1.82) is 0 Å². The fourth-order valence-electron chi connectivity index (χ4n) is 2.78. The Morgan fingerprint density at radius 3 is 2.81 bits per heavy atom. The summed E-state index contributed by atoms with van der Waals surface area (Å²) >= 11 is 0. The van der Waals surface area contributed by atoms with Gasteiger partial charge in [0, 0.05) is 35.2 Å². The number of aromatic nitrogens is 4. The monoisotopic (exact) mass is 357 g/mol. The highest BCUT2D eigenvalue weighted by molar-refractivity contribution is 5.84. The van der Waals surface area contributed by atoms with Gasteiger partial charge >= 0.3 is 0 Å². The number of fused-ring (bicyclic) bond motifs is 1. The molecule has 1 aromatic carbocycles. The predicted octanol–water partition coefficient (Wildman–Crippen LogP) is 3.89. The second-order valence-corrected chi connectivity index (χ2v) is 6.06. The molecule has 3 heterocycles. The maximum absolute atomic E-state index is 5.92. The van der Waals surface area contributed by atoms with Gasteiger partial charge in [0.25, 0.3) is 0 Å². The molecule has 0 unspecified atom stereocenters. The van der Waals surface area contributed by atoms with Gasteiger partial charge in [-0.2, -0.15) is 0 Å². The number of nitrogens with one attached hydrogen (secondary N) is 1. The van der Waals surface area contributed by atoms with Gasteiger partial charge in [-0.05, 0) is 37.3 Å². The average molecular weight is 357 g/mol. The van der Waals surface area contributed by atoms with E-state index in [4.69, 9.17) is 4.74 Å². The summed E-state index contributed by atoms with van der Waals surface area (Å²) in [5.41, 5.74) is 3.64. The Hall–Kier alpha value is -3.54. The van der Waals surface area contributed by atoms with E-state index < -0.39 is 0 Å². The molecule has 0 spiro atoms. The third-order valence-electron chi connectivity index (χ3n) is 4.08. The average Bonchev–Trinajstić information content (AvgIpc) is 2.72. The first-order valence-electron chi connectivity index (χ1n) is 8.76. The second-order valence-electron chi connectivity index (χ2n) is 6.06. The SMILES string of the molecule is Cc1ccc2cccc(OCCNc3nccc(-c4cccnc4)n3)c2n1. The lowest BCUT2D eigenvalue weighted by Crippen LogP contribution is -2.13. The highest BCUT2D eigenvalue weighted by Crippen LogP contribution is 2.23. The quantitative estimate of drug-likeness (QED) is 0.528. The number of rotatable bonds is 6. The van der Waals surface area contributed by atoms with Crippen LogP contribution in [-0.2, 0) is 0 Å². The highest BCUT2D eigenvalue weighted by Gasteiger charge is 2.05.